The molecule has 0 fully saturated rings. The minimum atomic E-state index is -0.744. The van der Waals surface area contributed by atoms with Gasteiger partial charge in [-0.25, -0.2) is 0 Å². The van der Waals surface area contributed by atoms with Gasteiger partial charge in [0.1, 0.15) is 5.84 Å². The van der Waals surface area contributed by atoms with Gasteiger partial charge in [-0.1, -0.05) is 24.3 Å². The second kappa shape index (κ2) is 5.90. The van der Waals surface area contributed by atoms with E-state index in [4.69, 9.17) is 16.2 Å². The summed E-state index contributed by atoms with van der Waals surface area (Å²) in [5.74, 6) is -0.677. The summed E-state index contributed by atoms with van der Waals surface area (Å²) in [7, 11) is 0. The number of amidine groups is 1. The highest BCUT2D eigenvalue weighted by molar-refractivity contribution is 5.94. The van der Waals surface area contributed by atoms with E-state index in [0.717, 1.165) is 18.4 Å². The van der Waals surface area contributed by atoms with Gasteiger partial charge in [-0.2, -0.15) is 0 Å². The lowest BCUT2D eigenvalue weighted by atomic mass is 10.0. The van der Waals surface area contributed by atoms with Crippen molar-refractivity contribution in [3.05, 3.63) is 35.4 Å². The van der Waals surface area contributed by atoms with E-state index in [1.165, 1.54) is 0 Å². The summed E-state index contributed by atoms with van der Waals surface area (Å²) in [6, 6.07) is 7.48. The number of hydrogen-bond donors (Lipinski definition) is 3. The summed E-state index contributed by atoms with van der Waals surface area (Å²) < 4.78 is 0. The minimum absolute atomic E-state index is 0.0671. The Morgan fingerprint density at radius 3 is 2.38 bits per heavy atom. The van der Waals surface area contributed by atoms with Crippen LogP contribution in [0.4, 0.5) is 0 Å². The van der Waals surface area contributed by atoms with Gasteiger partial charge in [0, 0.05) is 12.0 Å². The number of nitrogens with two attached hydrogens (primary N) is 1. The number of aliphatic carboxylic acids is 1. The maximum atomic E-state index is 10.3. The van der Waals surface area contributed by atoms with Gasteiger partial charge in [-0.05, 0) is 24.8 Å². The van der Waals surface area contributed by atoms with Crippen molar-refractivity contribution in [2.75, 3.05) is 0 Å². The first-order chi connectivity index (χ1) is 7.59. The Hall–Kier alpha value is -1.84. The summed E-state index contributed by atoms with van der Waals surface area (Å²) >= 11 is 0. The lowest BCUT2D eigenvalue weighted by Crippen LogP contribution is -2.10. The molecule has 1 rings (SSSR count). The Bertz CT molecular complexity index is 371. The van der Waals surface area contributed by atoms with Gasteiger partial charge in [-0.3, -0.25) is 10.2 Å². The van der Waals surface area contributed by atoms with E-state index in [2.05, 4.69) is 0 Å². The molecule has 0 spiro atoms. The maximum Gasteiger partial charge on any atom is 0.303 e. The van der Waals surface area contributed by atoms with Crippen molar-refractivity contribution in [3.8, 4) is 0 Å². The fourth-order valence-corrected chi connectivity index (χ4v) is 1.46. The molecule has 0 aliphatic carbocycles. The van der Waals surface area contributed by atoms with Crippen LogP contribution in [0.1, 0.15) is 30.4 Å². The van der Waals surface area contributed by atoms with Gasteiger partial charge >= 0.3 is 5.97 Å². The van der Waals surface area contributed by atoms with Crippen LogP contribution in [0.3, 0.4) is 0 Å². The van der Waals surface area contributed by atoms with Gasteiger partial charge in [0.25, 0.3) is 0 Å². The Morgan fingerprint density at radius 2 is 1.88 bits per heavy atom. The first-order valence-electron chi connectivity index (χ1n) is 5.24. The van der Waals surface area contributed by atoms with E-state index in [1.54, 1.807) is 0 Å². The number of nitrogen functional groups attached to an aromatic ring is 1. The molecular formula is C12H16N2O2. The first-order valence-corrected chi connectivity index (χ1v) is 5.24. The molecule has 1 aromatic rings. The topological polar surface area (TPSA) is 87.2 Å². The second-order valence-corrected chi connectivity index (χ2v) is 3.71. The average Bonchev–Trinajstić information content (AvgIpc) is 2.25. The standard InChI is InChI=1S/C12H16N2O2/c13-12(14)10-7-5-9(6-8-10)3-1-2-4-11(15)16/h5-8H,1-4H2,(H3,13,14)(H,15,16). The van der Waals surface area contributed by atoms with Crippen LogP contribution in [0.15, 0.2) is 24.3 Å². The van der Waals surface area contributed by atoms with Gasteiger partial charge in [0.15, 0.2) is 0 Å². The van der Waals surface area contributed by atoms with Crippen LogP contribution in [0.25, 0.3) is 0 Å². The zero-order valence-electron chi connectivity index (χ0n) is 9.07. The smallest absolute Gasteiger partial charge is 0.303 e. The van der Waals surface area contributed by atoms with Crippen molar-refractivity contribution in [2.24, 2.45) is 5.73 Å². The first kappa shape index (κ1) is 12.2. The second-order valence-electron chi connectivity index (χ2n) is 3.71. The summed E-state index contributed by atoms with van der Waals surface area (Å²) in [6.07, 6.45) is 2.66. The maximum absolute atomic E-state index is 10.3. The number of unbranched alkanes of at least 4 members (excludes halogenated alkanes) is 1. The van der Waals surface area contributed by atoms with Gasteiger partial charge in [-0.15, -0.1) is 0 Å². The van der Waals surface area contributed by atoms with Crippen molar-refractivity contribution in [2.45, 2.75) is 25.7 Å². The molecule has 0 aliphatic rings. The van der Waals surface area contributed by atoms with Crippen LogP contribution in [0.5, 0.6) is 0 Å². The molecule has 4 N–H and O–H groups in total. The molecule has 4 heteroatoms. The minimum Gasteiger partial charge on any atom is -0.481 e. The monoisotopic (exact) mass is 220 g/mol. The van der Waals surface area contributed by atoms with Crippen LogP contribution in [0.2, 0.25) is 0 Å². The van der Waals surface area contributed by atoms with E-state index in [9.17, 15) is 4.79 Å². The SMILES string of the molecule is N=C(N)c1ccc(CCCCC(=O)O)cc1. The highest BCUT2D eigenvalue weighted by Crippen LogP contribution is 2.08. The molecule has 0 saturated carbocycles. The molecule has 4 nitrogen and oxygen atoms in total. The lowest BCUT2D eigenvalue weighted by Gasteiger charge is -2.02. The third-order valence-corrected chi connectivity index (χ3v) is 2.37. The third kappa shape index (κ3) is 4.13. The van der Waals surface area contributed by atoms with Gasteiger partial charge in [0.05, 0.1) is 0 Å². The fraction of sp³-hybridized carbons (Fsp3) is 0.333. The number of hydrogen-bond acceptors (Lipinski definition) is 2. The number of carboxylic acids is 1. The highest BCUT2D eigenvalue weighted by Gasteiger charge is 1.99. The molecule has 0 atom stereocenters. The van der Waals surface area contributed by atoms with Crippen LogP contribution in [0, 0.1) is 5.41 Å². The van der Waals surface area contributed by atoms with Crippen molar-refractivity contribution < 1.29 is 9.90 Å². The van der Waals surface area contributed by atoms with Crippen molar-refractivity contribution >= 4 is 11.8 Å². The Kier molecular flexibility index (Phi) is 4.51. The molecule has 0 radical (unpaired) electrons. The average molecular weight is 220 g/mol. The van der Waals surface area contributed by atoms with Crippen molar-refractivity contribution in [1.82, 2.24) is 0 Å². The fourth-order valence-electron chi connectivity index (χ4n) is 1.46. The van der Waals surface area contributed by atoms with Gasteiger partial charge in [0.2, 0.25) is 0 Å². The Balaban J connectivity index is 2.38. The molecule has 1 aromatic carbocycles. The number of carboxylic acid groups (broad SMARTS) is 1. The van der Waals surface area contributed by atoms with E-state index in [1.807, 2.05) is 24.3 Å². The number of benzene rings is 1. The zero-order valence-corrected chi connectivity index (χ0v) is 9.07. The van der Waals surface area contributed by atoms with Crippen molar-refractivity contribution in [3.63, 3.8) is 0 Å². The summed E-state index contributed by atoms with van der Waals surface area (Å²) in [5.41, 5.74) is 7.20. The summed E-state index contributed by atoms with van der Waals surface area (Å²) in [6.45, 7) is 0. The zero-order chi connectivity index (χ0) is 12.0. The van der Waals surface area contributed by atoms with Crippen LogP contribution in [-0.4, -0.2) is 16.9 Å². The molecule has 0 aromatic heterocycles. The van der Waals surface area contributed by atoms with E-state index >= 15 is 0 Å². The van der Waals surface area contributed by atoms with Crippen LogP contribution >= 0.6 is 0 Å². The number of aryl methyl sites for hydroxylation is 1. The predicted octanol–water partition coefficient (Wildman–Crippen LogP) is 1.77. The van der Waals surface area contributed by atoms with Crippen LogP contribution in [-0.2, 0) is 11.2 Å². The molecular weight excluding hydrogens is 204 g/mol. The Labute approximate surface area is 94.6 Å². The lowest BCUT2D eigenvalue weighted by molar-refractivity contribution is -0.137. The largest absolute Gasteiger partial charge is 0.481 e. The Morgan fingerprint density at radius 1 is 1.25 bits per heavy atom. The molecule has 0 aliphatic heterocycles. The molecule has 0 saturated heterocycles. The predicted molar refractivity (Wildman–Crippen MR) is 62.6 cm³/mol. The molecule has 0 heterocycles. The third-order valence-electron chi connectivity index (χ3n) is 2.37. The molecule has 16 heavy (non-hydrogen) atoms. The summed E-state index contributed by atoms with van der Waals surface area (Å²) in [4.78, 5) is 10.3. The number of carbonyl (C=O) groups is 1. The molecule has 86 valence electrons. The quantitative estimate of drug-likeness (QED) is 0.388. The van der Waals surface area contributed by atoms with E-state index in [0.29, 0.717) is 12.0 Å². The molecule has 0 amide bonds. The molecule has 0 unspecified atom stereocenters. The van der Waals surface area contributed by atoms with Crippen LogP contribution < -0.4 is 5.73 Å². The van der Waals surface area contributed by atoms with Gasteiger partial charge < -0.3 is 10.8 Å². The highest BCUT2D eigenvalue weighted by atomic mass is 16.4. The van der Waals surface area contributed by atoms with E-state index in [-0.39, 0.29) is 12.3 Å². The summed E-state index contributed by atoms with van der Waals surface area (Å²) in [5, 5.41) is 15.7. The number of nitrogens with one attached hydrogen (secondary N) is 1. The molecule has 0 bridgehead atoms. The number of rotatable bonds is 6. The van der Waals surface area contributed by atoms with Crippen molar-refractivity contribution in [1.29, 1.82) is 5.41 Å². The van der Waals surface area contributed by atoms with E-state index < -0.39 is 5.97 Å². The normalized spacial score (nSPS) is 10.0.